The van der Waals surface area contributed by atoms with E-state index < -0.39 is 5.60 Å². The van der Waals surface area contributed by atoms with Gasteiger partial charge in [-0.05, 0) is 38.5 Å². The Morgan fingerprint density at radius 3 is 2.69 bits per heavy atom. The number of ether oxygens (including phenoxy) is 2. The van der Waals surface area contributed by atoms with Gasteiger partial charge in [-0.25, -0.2) is 4.79 Å². The van der Waals surface area contributed by atoms with Crippen molar-refractivity contribution < 1.29 is 14.3 Å². The van der Waals surface area contributed by atoms with E-state index in [2.05, 4.69) is 36.2 Å². The summed E-state index contributed by atoms with van der Waals surface area (Å²) in [7, 11) is 1.69. The number of piperazine rings is 1. The number of aliphatic imine (C=N–C) groups is 1. The number of carbonyl (C=O) groups excluding carboxylic acids is 1. The SMILES string of the molecule is COc1cccc(C(C)(C)CNC2=NCC3CN(C(=O)OC(C)(C)C)CCN23)c1. The van der Waals surface area contributed by atoms with Crippen LogP contribution in [0.4, 0.5) is 4.79 Å². The standard InChI is InChI=1S/C22H34N4O3/c1-21(2,3)29-20(27)25-10-11-26-17(14-25)13-23-19(26)24-15-22(4,5)16-8-7-9-18(12-16)28-6/h7-9,12,17H,10-11,13-15H2,1-6H3,(H,23,24). The number of guanidine groups is 1. The number of nitrogens with zero attached hydrogens (tertiary/aromatic N) is 3. The zero-order valence-corrected chi connectivity index (χ0v) is 18.5. The molecule has 2 aliphatic heterocycles. The minimum Gasteiger partial charge on any atom is -0.497 e. The Balaban J connectivity index is 1.56. The second-order valence-corrected chi connectivity index (χ2v) is 9.41. The van der Waals surface area contributed by atoms with E-state index in [9.17, 15) is 4.79 Å². The van der Waals surface area contributed by atoms with Crippen LogP contribution in [0.5, 0.6) is 5.75 Å². The maximum Gasteiger partial charge on any atom is 0.410 e. The number of hydrogen-bond acceptors (Lipinski definition) is 6. The largest absolute Gasteiger partial charge is 0.497 e. The van der Waals surface area contributed by atoms with Gasteiger partial charge in [-0.15, -0.1) is 0 Å². The van der Waals surface area contributed by atoms with E-state index in [1.54, 1.807) is 12.0 Å². The Morgan fingerprint density at radius 1 is 1.24 bits per heavy atom. The number of methoxy groups -OCH3 is 1. The number of rotatable bonds is 4. The number of nitrogens with one attached hydrogen (secondary N) is 1. The highest BCUT2D eigenvalue weighted by molar-refractivity contribution is 5.82. The Kier molecular flexibility index (Phi) is 5.96. The van der Waals surface area contributed by atoms with Crippen LogP contribution in [-0.2, 0) is 10.2 Å². The van der Waals surface area contributed by atoms with Crippen LogP contribution < -0.4 is 10.1 Å². The molecule has 2 heterocycles. The summed E-state index contributed by atoms with van der Waals surface area (Å²) in [6, 6.07) is 8.40. The minimum atomic E-state index is -0.473. The van der Waals surface area contributed by atoms with E-state index in [1.165, 1.54) is 5.56 Å². The zero-order valence-electron chi connectivity index (χ0n) is 18.5. The molecule has 1 N–H and O–H groups in total. The first-order chi connectivity index (χ1) is 13.6. The van der Waals surface area contributed by atoms with Gasteiger partial charge in [0.25, 0.3) is 0 Å². The Labute approximate surface area is 174 Å². The molecule has 29 heavy (non-hydrogen) atoms. The van der Waals surface area contributed by atoms with Crippen molar-refractivity contribution in [2.24, 2.45) is 4.99 Å². The summed E-state index contributed by atoms with van der Waals surface area (Å²) >= 11 is 0. The lowest BCUT2D eigenvalue weighted by atomic mass is 9.84. The van der Waals surface area contributed by atoms with Crippen LogP contribution in [0.1, 0.15) is 40.2 Å². The molecule has 1 aromatic carbocycles. The average molecular weight is 403 g/mol. The molecular weight excluding hydrogens is 368 g/mol. The molecule has 1 amide bonds. The lowest BCUT2D eigenvalue weighted by molar-refractivity contribution is 0.0137. The number of benzene rings is 1. The van der Waals surface area contributed by atoms with Crippen molar-refractivity contribution >= 4 is 12.1 Å². The molecule has 1 fully saturated rings. The third-order valence-electron chi connectivity index (χ3n) is 5.40. The monoisotopic (exact) mass is 402 g/mol. The molecule has 160 valence electrons. The molecule has 0 bridgehead atoms. The highest BCUT2D eigenvalue weighted by atomic mass is 16.6. The average Bonchev–Trinajstić information content (AvgIpc) is 3.07. The number of hydrogen-bond donors (Lipinski definition) is 1. The Hall–Kier alpha value is -2.44. The normalized spacial score (nSPS) is 19.5. The Morgan fingerprint density at radius 2 is 2.00 bits per heavy atom. The Bertz CT molecular complexity index is 770. The first kappa shape index (κ1) is 21.3. The predicted octanol–water partition coefficient (Wildman–Crippen LogP) is 2.85. The first-order valence-corrected chi connectivity index (χ1v) is 10.3. The van der Waals surface area contributed by atoms with Crippen molar-refractivity contribution in [1.29, 1.82) is 0 Å². The van der Waals surface area contributed by atoms with Crippen LogP contribution in [0.3, 0.4) is 0 Å². The van der Waals surface area contributed by atoms with E-state index in [4.69, 9.17) is 14.5 Å². The summed E-state index contributed by atoms with van der Waals surface area (Å²) in [6.07, 6.45) is -0.238. The quantitative estimate of drug-likeness (QED) is 0.839. The molecule has 7 nitrogen and oxygen atoms in total. The topological polar surface area (TPSA) is 66.4 Å². The van der Waals surface area contributed by atoms with Crippen molar-refractivity contribution in [3.05, 3.63) is 29.8 Å². The molecule has 1 saturated heterocycles. The van der Waals surface area contributed by atoms with Crippen LogP contribution in [0.2, 0.25) is 0 Å². The number of fused-ring (bicyclic) bond motifs is 1. The molecule has 1 atom stereocenters. The molecule has 1 unspecified atom stereocenters. The van der Waals surface area contributed by atoms with E-state index in [-0.39, 0.29) is 17.6 Å². The van der Waals surface area contributed by atoms with Crippen LogP contribution >= 0.6 is 0 Å². The molecule has 3 rings (SSSR count). The molecule has 0 radical (unpaired) electrons. The fraction of sp³-hybridized carbons (Fsp3) is 0.636. The van der Waals surface area contributed by atoms with Gasteiger partial charge in [0.05, 0.1) is 19.7 Å². The van der Waals surface area contributed by atoms with Gasteiger partial charge in [-0.2, -0.15) is 0 Å². The van der Waals surface area contributed by atoms with Crippen LogP contribution in [0, 0.1) is 0 Å². The fourth-order valence-corrected chi connectivity index (χ4v) is 3.67. The maximum atomic E-state index is 12.4. The molecule has 0 aromatic heterocycles. The summed E-state index contributed by atoms with van der Waals surface area (Å²) in [4.78, 5) is 21.2. The lowest BCUT2D eigenvalue weighted by Gasteiger charge is -2.39. The van der Waals surface area contributed by atoms with Gasteiger partial charge < -0.3 is 24.6 Å². The zero-order chi connectivity index (χ0) is 21.2. The summed E-state index contributed by atoms with van der Waals surface area (Å²) < 4.78 is 10.9. The van der Waals surface area contributed by atoms with E-state index >= 15 is 0 Å². The molecule has 7 heteroatoms. The third-order valence-corrected chi connectivity index (χ3v) is 5.40. The highest BCUT2D eigenvalue weighted by Crippen LogP contribution is 2.26. The number of carbonyl (C=O) groups is 1. The molecule has 1 aromatic rings. The molecule has 2 aliphatic rings. The van der Waals surface area contributed by atoms with Crippen molar-refractivity contribution in [1.82, 2.24) is 15.1 Å². The smallest absolute Gasteiger partial charge is 0.410 e. The second-order valence-electron chi connectivity index (χ2n) is 9.41. The van der Waals surface area contributed by atoms with Gasteiger partial charge in [0.1, 0.15) is 11.4 Å². The van der Waals surface area contributed by atoms with Gasteiger partial charge in [0, 0.05) is 31.6 Å². The van der Waals surface area contributed by atoms with E-state index in [0.717, 1.165) is 24.8 Å². The lowest BCUT2D eigenvalue weighted by Crippen LogP contribution is -2.58. The predicted molar refractivity (Wildman–Crippen MR) is 115 cm³/mol. The molecule has 0 aliphatic carbocycles. The second kappa shape index (κ2) is 8.13. The summed E-state index contributed by atoms with van der Waals surface area (Å²) in [5.41, 5.74) is 0.668. The van der Waals surface area contributed by atoms with E-state index in [0.29, 0.717) is 19.6 Å². The van der Waals surface area contributed by atoms with Gasteiger partial charge in [0.2, 0.25) is 0 Å². The van der Waals surface area contributed by atoms with E-state index in [1.807, 2.05) is 32.9 Å². The third kappa shape index (κ3) is 5.14. The van der Waals surface area contributed by atoms with Crippen LogP contribution in [-0.4, -0.2) is 73.3 Å². The fourth-order valence-electron chi connectivity index (χ4n) is 3.67. The summed E-state index contributed by atoms with van der Waals surface area (Å²) in [5.74, 6) is 1.79. The van der Waals surface area contributed by atoms with Crippen LogP contribution in [0.25, 0.3) is 0 Å². The van der Waals surface area contributed by atoms with Crippen molar-refractivity contribution in [3.63, 3.8) is 0 Å². The molecule has 0 spiro atoms. The summed E-state index contributed by atoms with van der Waals surface area (Å²) in [5, 5.41) is 3.54. The van der Waals surface area contributed by atoms with Gasteiger partial charge >= 0.3 is 6.09 Å². The highest BCUT2D eigenvalue weighted by Gasteiger charge is 2.37. The molecular formula is C22H34N4O3. The minimum absolute atomic E-state index is 0.0759. The van der Waals surface area contributed by atoms with Gasteiger partial charge in [-0.3, -0.25) is 4.99 Å². The molecule has 0 saturated carbocycles. The number of amides is 1. The van der Waals surface area contributed by atoms with Crippen LogP contribution in [0.15, 0.2) is 29.3 Å². The summed E-state index contributed by atoms with van der Waals surface area (Å²) in [6.45, 7) is 13.6. The van der Waals surface area contributed by atoms with Gasteiger partial charge in [0.15, 0.2) is 5.96 Å². The first-order valence-electron chi connectivity index (χ1n) is 10.3. The van der Waals surface area contributed by atoms with Gasteiger partial charge in [-0.1, -0.05) is 26.0 Å². The van der Waals surface area contributed by atoms with Crippen molar-refractivity contribution in [2.45, 2.75) is 51.7 Å². The van der Waals surface area contributed by atoms with Crippen molar-refractivity contribution in [2.75, 3.05) is 39.8 Å². The van der Waals surface area contributed by atoms with Crippen molar-refractivity contribution in [3.8, 4) is 5.75 Å². The maximum absolute atomic E-state index is 12.4.